The number of aliphatic hydroxyl groups excluding tert-OH is 1. The smallest absolute Gasteiger partial charge is 0.173 e. The van der Waals surface area contributed by atoms with E-state index in [-0.39, 0.29) is 6.61 Å². The predicted octanol–water partition coefficient (Wildman–Crippen LogP) is 1.62. The molecule has 0 saturated heterocycles. The second-order valence-electron chi connectivity index (χ2n) is 3.22. The molecule has 0 spiro atoms. The van der Waals surface area contributed by atoms with Gasteiger partial charge in [0.2, 0.25) is 0 Å². The molecule has 14 heavy (non-hydrogen) atoms. The molecule has 0 amide bonds. The molecular formula is C10H17NO2S. The van der Waals surface area contributed by atoms with Gasteiger partial charge in [-0.05, 0) is 25.5 Å². The van der Waals surface area contributed by atoms with Gasteiger partial charge >= 0.3 is 0 Å². The van der Waals surface area contributed by atoms with E-state index in [1.54, 1.807) is 18.4 Å². The molecule has 0 saturated carbocycles. The van der Waals surface area contributed by atoms with Crippen LogP contribution < -0.4 is 10.1 Å². The first-order valence-electron chi connectivity index (χ1n) is 4.73. The molecule has 3 nitrogen and oxygen atoms in total. The van der Waals surface area contributed by atoms with Crippen molar-refractivity contribution >= 4 is 11.3 Å². The van der Waals surface area contributed by atoms with Crippen molar-refractivity contribution in [2.45, 2.75) is 25.9 Å². The van der Waals surface area contributed by atoms with E-state index in [1.807, 2.05) is 6.07 Å². The van der Waals surface area contributed by atoms with E-state index in [1.165, 1.54) is 4.88 Å². The molecule has 2 N–H and O–H groups in total. The molecule has 1 rings (SSSR count). The van der Waals surface area contributed by atoms with Gasteiger partial charge in [0.15, 0.2) is 5.06 Å². The van der Waals surface area contributed by atoms with E-state index >= 15 is 0 Å². The zero-order valence-corrected chi connectivity index (χ0v) is 9.43. The highest BCUT2D eigenvalue weighted by molar-refractivity contribution is 7.13. The van der Waals surface area contributed by atoms with E-state index in [4.69, 9.17) is 9.84 Å². The van der Waals surface area contributed by atoms with Crippen molar-refractivity contribution in [1.29, 1.82) is 0 Å². The molecule has 1 heterocycles. The molecule has 80 valence electrons. The minimum Gasteiger partial charge on any atom is -0.487 e. The number of hydrogen-bond donors (Lipinski definition) is 2. The Kier molecular flexibility index (Phi) is 4.93. The zero-order chi connectivity index (χ0) is 10.4. The minimum absolute atomic E-state index is 0.238. The van der Waals surface area contributed by atoms with Gasteiger partial charge in [0.25, 0.3) is 0 Å². The number of aliphatic hydroxyl groups is 1. The van der Waals surface area contributed by atoms with Crippen molar-refractivity contribution in [2.75, 3.05) is 13.7 Å². The molecule has 0 aliphatic carbocycles. The second-order valence-corrected chi connectivity index (χ2v) is 4.35. The normalized spacial score (nSPS) is 12.8. The summed E-state index contributed by atoms with van der Waals surface area (Å²) < 4.78 is 5.10. The minimum atomic E-state index is 0.238. The van der Waals surface area contributed by atoms with Crippen LogP contribution in [-0.2, 0) is 6.54 Å². The molecule has 1 aromatic heterocycles. The highest BCUT2D eigenvalue weighted by Gasteiger charge is 2.02. The standard InChI is InChI=1S/C10H17NO2S/c1-8(5-6-12)11-7-9-3-4-10(13-2)14-9/h3-4,8,11-12H,5-7H2,1-2H3/t8-/m1/s1. The maximum Gasteiger partial charge on any atom is 0.173 e. The molecule has 0 bridgehead atoms. The fourth-order valence-electron chi connectivity index (χ4n) is 1.13. The second kappa shape index (κ2) is 6.01. The topological polar surface area (TPSA) is 41.5 Å². The summed E-state index contributed by atoms with van der Waals surface area (Å²) in [7, 11) is 1.68. The molecule has 0 fully saturated rings. The quantitative estimate of drug-likeness (QED) is 0.757. The summed E-state index contributed by atoms with van der Waals surface area (Å²) in [5.41, 5.74) is 0. The number of hydrogen-bond acceptors (Lipinski definition) is 4. The average molecular weight is 215 g/mol. The van der Waals surface area contributed by atoms with Crippen LogP contribution in [0.4, 0.5) is 0 Å². The fraction of sp³-hybridized carbons (Fsp3) is 0.600. The molecule has 1 aromatic rings. The Labute approximate surface area is 88.7 Å². The van der Waals surface area contributed by atoms with Crippen molar-refractivity contribution in [3.63, 3.8) is 0 Å². The molecule has 4 heteroatoms. The van der Waals surface area contributed by atoms with Crippen LogP contribution in [0.5, 0.6) is 5.06 Å². The Balaban J connectivity index is 2.30. The lowest BCUT2D eigenvalue weighted by Gasteiger charge is -2.10. The van der Waals surface area contributed by atoms with Gasteiger partial charge in [0.05, 0.1) is 7.11 Å². The Bertz CT molecular complexity index is 262. The van der Waals surface area contributed by atoms with Gasteiger partial charge in [-0.1, -0.05) is 0 Å². The molecule has 1 atom stereocenters. The van der Waals surface area contributed by atoms with E-state index < -0.39 is 0 Å². The highest BCUT2D eigenvalue weighted by Crippen LogP contribution is 2.23. The number of rotatable bonds is 6. The third kappa shape index (κ3) is 3.65. The zero-order valence-electron chi connectivity index (χ0n) is 8.62. The van der Waals surface area contributed by atoms with Crippen molar-refractivity contribution in [3.05, 3.63) is 17.0 Å². The largest absolute Gasteiger partial charge is 0.487 e. The lowest BCUT2D eigenvalue weighted by Crippen LogP contribution is -2.25. The number of ether oxygens (including phenoxy) is 1. The SMILES string of the molecule is COc1ccc(CN[C@H](C)CCO)s1. The van der Waals surface area contributed by atoms with Crippen molar-refractivity contribution in [3.8, 4) is 5.06 Å². The van der Waals surface area contributed by atoms with Crippen molar-refractivity contribution in [2.24, 2.45) is 0 Å². The third-order valence-corrected chi connectivity index (χ3v) is 3.07. The van der Waals surface area contributed by atoms with E-state index in [0.29, 0.717) is 6.04 Å². The van der Waals surface area contributed by atoms with Gasteiger partial charge in [-0.3, -0.25) is 0 Å². The summed E-state index contributed by atoms with van der Waals surface area (Å²) >= 11 is 1.65. The van der Waals surface area contributed by atoms with Gasteiger partial charge in [-0.25, -0.2) is 0 Å². The van der Waals surface area contributed by atoms with Gasteiger partial charge in [0, 0.05) is 24.1 Å². The Morgan fingerprint density at radius 1 is 1.57 bits per heavy atom. The van der Waals surface area contributed by atoms with Gasteiger partial charge in [-0.2, -0.15) is 0 Å². The average Bonchev–Trinajstić information content (AvgIpc) is 2.63. The molecular weight excluding hydrogens is 198 g/mol. The Morgan fingerprint density at radius 3 is 2.93 bits per heavy atom. The summed E-state index contributed by atoms with van der Waals surface area (Å²) in [5.74, 6) is 0. The lowest BCUT2D eigenvalue weighted by atomic mass is 10.2. The molecule has 0 aliphatic heterocycles. The summed E-state index contributed by atoms with van der Waals surface area (Å²) in [5, 5.41) is 13.0. The maximum atomic E-state index is 8.72. The summed E-state index contributed by atoms with van der Waals surface area (Å²) in [6.07, 6.45) is 0.794. The van der Waals surface area contributed by atoms with Crippen molar-refractivity contribution in [1.82, 2.24) is 5.32 Å². The Morgan fingerprint density at radius 2 is 2.36 bits per heavy atom. The van der Waals surface area contributed by atoms with Gasteiger partial charge < -0.3 is 15.2 Å². The molecule has 0 aliphatic rings. The van der Waals surface area contributed by atoms with Crippen LogP contribution in [0.15, 0.2) is 12.1 Å². The fourth-order valence-corrected chi connectivity index (χ4v) is 1.90. The first-order chi connectivity index (χ1) is 6.76. The maximum absolute atomic E-state index is 8.72. The summed E-state index contributed by atoms with van der Waals surface area (Å²) in [4.78, 5) is 1.26. The van der Waals surface area contributed by atoms with Crippen LogP contribution in [0.1, 0.15) is 18.2 Å². The molecule has 0 radical (unpaired) electrons. The van der Waals surface area contributed by atoms with Gasteiger partial charge in [0.1, 0.15) is 0 Å². The summed E-state index contributed by atoms with van der Waals surface area (Å²) in [6, 6.07) is 4.38. The van der Waals surface area contributed by atoms with Crippen LogP contribution in [0.25, 0.3) is 0 Å². The lowest BCUT2D eigenvalue weighted by molar-refractivity contribution is 0.269. The summed E-state index contributed by atoms with van der Waals surface area (Å²) in [6.45, 7) is 3.15. The number of methoxy groups -OCH3 is 1. The van der Waals surface area contributed by atoms with Crippen LogP contribution in [0.2, 0.25) is 0 Å². The molecule has 0 unspecified atom stereocenters. The van der Waals surface area contributed by atoms with Crippen LogP contribution in [-0.4, -0.2) is 24.9 Å². The predicted molar refractivity (Wildman–Crippen MR) is 58.9 cm³/mol. The highest BCUT2D eigenvalue weighted by atomic mass is 32.1. The Hall–Kier alpha value is -0.580. The first-order valence-corrected chi connectivity index (χ1v) is 5.55. The monoisotopic (exact) mass is 215 g/mol. The third-order valence-electron chi connectivity index (χ3n) is 2.03. The van der Waals surface area contributed by atoms with Crippen LogP contribution in [0.3, 0.4) is 0 Å². The first kappa shape index (κ1) is 11.5. The van der Waals surface area contributed by atoms with Gasteiger partial charge in [-0.15, -0.1) is 11.3 Å². The van der Waals surface area contributed by atoms with E-state index in [0.717, 1.165) is 18.0 Å². The van der Waals surface area contributed by atoms with E-state index in [2.05, 4.69) is 18.3 Å². The number of nitrogens with one attached hydrogen (secondary N) is 1. The van der Waals surface area contributed by atoms with Crippen LogP contribution >= 0.6 is 11.3 Å². The molecule has 0 aromatic carbocycles. The van der Waals surface area contributed by atoms with Crippen molar-refractivity contribution < 1.29 is 9.84 Å². The number of thiophene rings is 1. The van der Waals surface area contributed by atoms with Crippen LogP contribution in [0, 0.1) is 0 Å². The van der Waals surface area contributed by atoms with E-state index in [9.17, 15) is 0 Å².